The van der Waals surface area contributed by atoms with Gasteiger partial charge in [-0.05, 0) is 43.5 Å². The molecule has 0 saturated heterocycles. The van der Waals surface area contributed by atoms with Crippen molar-refractivity contribution in [3.63, 3.8) is 0 Å². The second-order valence-corrected chi connectivity index (χ2v) is 7.65. The molecule has 0 unspecified atom stereocenters. The Kier molecular flexibility index (Phi) is 7.61. The van der Waals surface area contributed by atoms with Gasteiger partial charge < -0.3 is 10.2 Å². The van der Waals surface area contributed by atoms with Crippen molar-refractivity contribution in [3.05, 3.63) is 47.0 Å². The maximum absolute atomic E-state index is 11.9. The van der Waals surface area contributed by atoms with E-state index in [0.29, 0.717) is 41.5 Å². The molecule has 0 spiro atoms. The first-order valence-corrected chi connectivity index (χ1v) is 10.1. The van der Waals surface area contributed by atoms with E-state index < -0.39 is 10.1 Å². The second kappa shape index (κ2) is 9.70. The van der Waals surface area contributed by atoms with Gasteiger partial charge in [0.25, 0.3) is 10.1 Å². The smallest absolute Gasteiger partial charge is 0.295 e. The number of hydrazine groups is 1. The molecule has 2 aromatic rings. The summed E-state index contributed by atoms with van der Waals surface area (Å²) in [5.41, 5.74) is 3.69. The van der Waals surface area contributed by atoms with Gasteiger partial charge in [0.1, 0.15) is 10.6 Å². The molecule has 2 aromatic carbocycles. The van der Waals surface area contributed by atoms with Crippen molar-refractivity contribution in [2.24, 2.45) is 10.8 Å². The van der Waals surface area contributed by atoms with Crippen LogP contribution in [0.3, 0.4) is 0 Å². The van der Waals surface area contributed by atoms with E-state index in [4.69, 9.17) is 22.2 Å². The van der Waals surface area contributed by atoms with E-state index in [-0.39, 0.29) is 10.5 Å². The fourth-order valence-corrected chi connectivity index (χ4v) is 3.61. The summed E-state index contributed by atoms with van der Waals surface area (Å²) < 4.78 is 39.4. The maximum Gasteiger partial charge on any atom is 0.295 e. The van der Waals surface area contributed by atoms with E-state index >= 15 is 0 Å². The number of rotatable bonds is 9. The molecule has 0 saturated carbocycles. The van der Waals surface area contributed by atoms with Crippen molar-refractivity contribution in [3.8, 4) is 16.9 Å². The molecule has 0 aliphatic carbocycles. The Balaban J connectivity index is 2.35. The number of hydrogen-bond donors (Lipinski definition) is 3. The minimum Gasteiger partial charge on any atom is -0.493 e. The van der Waals surface area contributed by atoms with E-state index in [0.717, 1.165) is 6.42 Å². The van der Waals surface area contributed by atoms with E-state index in [1.54, 1.807) is 37.3 Å². The van der Waals surface area contributed by atoms with Crippen LogP contribution in [0.1, 0.15) is 18.4 Å². The molecule has 0 heterocycles. The Morgan fingerprint density at radius 2 is 2.04 bits per heavy atom. The summed E-state index contributed by atoms with van der Waals surface area (Å²) in [5, 5.41) is 0.361. The SMILES string of the molecule is Cc1cc(OCCCCN=CNN)c(-c2ccccc2Cl)c(S(=O)(=O)O)c1. The normalized spacial score (nSPS) is 11.7. The molecule has 0 aromatic heterocycles. The Morgan fingerprint density at radius 3 is 2.70 bits per heavy atom. The number of nitrogens with one attached hydrogen (secondary N) is 1. The van der Waals surface area contributed by atoms with Crippen LogP contribution in [-0.4, -0.2) is 32.5 Å². The largest absolute Gasteiger partial charge is 0.493 e. The monoisotopic (exact) mass is 411 g/mol. The van der Waals surface area contributed by atoms with Gasteiger partial charge in [0.15, 0.2) is 0 Å². The van der Waals surface area contributed by atoms with Crippen molar-refractivity contribution in [2.45, 2.75) is 24.7 Å². The van der Waals surface area contributed by atoms with Gasteiger partial charge in [-0.3, -0.25) is 9.55 Å². The third-order valence-electron chi connectivity index (χ3n) is 3.74. The highest BCUT2D eigenvalue weighted by Gasteiger charge is 2.23. The average molecular weight is 412 g/mol. The number of nitrogens with two attached hydrogens (primary N) is 1. The van der Waals surface area contributed by atoms with Crippen molar-refractivity contribution in [1.82, 2.24) is 5.43 Å². The lowest BCUT2D eigenvalue weighted by molar-refractivity contribution is 0.308. The molecule has 9 heteroatoms. The molecule has 2 rings (SSSR count). The van der Waals surface area contributed by atoms with Crippen LogP contribution in [0, 0.1) is 6.92 Å². The molecule has 27 heavy (non-hydrogen) atoms. The number of nitrogens with zero attached hydrogens (tertiary/aromatic N) is 1. The first-order chi connectivity index (χ1) is 12.8. The van der Waals surface area contributed by atoms with Gasteiger partial charge in [0, 0.05) is 22.7 Å². The first kappa shape index (κ1) is 21.2. The van der Waals surface area contributed by atoms with Gasteiger partial charge in [-0.15, -0.1) is 0 Å². The van der Waals surface area contributed by atoms with Crippen LogP contribution >= 0.6 is 11.6 Å². The molecule has 4 N–H and O–H groups in total. The van der Waals surface area contributed by atoms with Crippen molar-refractivity contribution in [1.29, 1.82) is 0 Å². The van der Waals surface area contributed by atoms with Crippen LogP contribution in [-0.2, 0) is 10.1 Å². The van der Waals surface area contributed by atoms with Gasteiger partial charge in [-0.2, -0.15) is 8.42 Å². The van der Waals surface area contributed by atoms with E-state index in [1.165, 1.54) is 12.4 Å². The zero-order valence-electron chi connectivity index (χ0n) is 14.9. The highest BCUT2D eigenvalue weighted by atomic mass is 35.5. The third-order valence-corrected chi connectivity index (χ3v) is 4.94. The number of ether oxygens (including phenoxy) is 1. The Hall–Kier alpha value is -2.13. The van der Waals surface area contributed by atoms with Crippen LogP contribution in [0.2, 0.25) is 5.02 Å². The fraction of sp³-hybridized carbons (Fsp3) is 0.278. The highest BCUT2D eigenvalue weighted by molar-refractivity contribution is 7.86. The lowest BCUT2D eigenvalue weighted by Crippen LogP contribution is -2.19. The zero-order chi connectivity index (χ0) is 19.9. The van der Waals surface area contributed by atoms with Crippen LogP contribution in [0.25, 0.3) is 11.1 Å². The molecule has 0 bridgehead atoms. The van der Waals surface area contributed by atoms with E-state index in [1.807, 2.05) is 0 Å². The molecule has 146 valence electrons. The van der Waals surface area contributed by atoms with Crippen LogP contribution in [0.5, 0.6) is 5.75 Å². The van der Waals surface area contributed by atoms with Gasteiger partial charge >= 0.3 is 0 Å². The van der Waals surface area contributed by atoms with E-state index in [2.05, 4.69) is 10.4 Å². The summed E-state index contributed by atoms with van der Waals surface area (Å²) in [4.78, 5) is 3.79. The van der Waals surface area contributed by atoms with Crippen molar-refractivity contribution in [2.75, 3.05) is 13.2 Å². The molecule has 0 radical (unpaired) electrons. The number of hydrogen-bond acceptors (Lipinski definition) is 5. The highest BCUT2D eigenvalue weighted by Crippen LogP contribution is 2.40. The maximum atomic E-state index is 11.9. The minimum atomic E-state index is -4.47. The van der Waals surface area contributed by atoms with Crippen LogP contribution in [0.15, 0.2) is 46.3 Å². The molecule has 0 aliphatic heterocycles. The molecule has 0 aliphatic rings. The predicted octanol–water partition coefficient (Wildman–Crippen LogP) is 3.21. The fourth-order valence-electron chi connectivity index (χ4n) is 2.57. The zero-order valence-corrected chi connectivity index (χ0v) is 16.4. The number of benzene rings is 2. The minimum absolute atomic E-state index is 0.232. The summed E-state index contributed by atoms with van der Waals surface area (Å²) in [6, 6.07) is 9.94. The Labute approximate surface area is 163 Å². The molecule has 7 nitrogen and oxygen atoms in total. The van der Waals surface area contributed by atoms with Gasteiger partial charge in [0.2, 0.25) is 0 Å². The van der Waals surface area contributed by atoms with Gasteiger partial charge in [-0.1, -0.05) is 29.8 Å². The number of aryl methyl sites for hydroxylation is 1. The third kappa shape index (κ3) is 5.93. The topological polar surface area (TPSA) is 114 Å². The van der Waals surface area contributed by atoms with Gasteiger partial charge in [0.05, 0.1) is 12.9 Å². The average Bonchev–Trinajstić information content (AvgIpc) is 2.60. The molecule has 0 amide bonds. The van der Waals surface area contributed by atoms with Crippen molar-refractivity contribution < 1.29 is 17.7 Å². The summed E-state index contributed by atoms with van der Waals surface area (Å²) >= 11 is 6.26. The summed E-state index contributed by atoms with van der Waals surface area (Å²) in [5.74, 6) is 5.44. The van der Waals surface area contributed by atoms with Gasteiger partial charge in [-0.25, -0.2) is 5.84 Å². The molecule has 0 atom stereocenters. The van der Waals surface area contributed by atoms with Crippen LogP contribution < -0.4 is 16.0 Å². The van der Waals surface area contributed by atoms with E-state index in [9.17, 15) is 13.0 Å². The molecular formula is C18H22ClN3O4S. The Bertz CT molecular complexity index is 917. The standard InChI is InChI=1S/C18H22ClN3O4S/c1-13-10-16(26-9-5-4-8-21-12-22-20)18(17(11-13)27(23,24)25)14-6-2-3-7-15(14)19/h2-3,6-7,10-12H,4-5,8-9,20H2,1H3,(H,21,22)(H,23,24,25). The summed E-state index contributed by atoms with van der Waals surface area (Å²) in [6.45, 7) is 2.68. The number of halogens is 1. The lowest BCUT2D eigenvalue weighted by Gasteiger charge is -2.17. The second-order valence-electron chi connectivity index (χ2n) is 5.85. The summed E-state index contributed by atoms with van der Waals surface area (Å²) in [6.07, 6.45) is 2.89. The Morgan fingerprint density at radius 1 is 1.30 bits per heavy atom. The quantitative estimate of drug-likeness (QED) is 0.146. The number of aliphatic imine (C=N–C) groups is 1. The van der Waals surface area contributed by atoms with Crippen LogP contribution in [0.4, 0.5) is 0 Å². The van der Waals surface area contributed by atoms with Crippen molar-refractivity contribution >= 4 is 28.1 Å². The number of unbranched alkanes of at least 4 members (excludes halogenated alkanes) is 1. The molecular weight excluding hydrogens is 390 g/mol. The molecule has 0 fully saturated rings. The predicted molar refractivity (Wildman–Crippen MR) is 107 cm³/mol. The summed E-state index contributed by atoms with van der Waals surface area (Å²) in [7, 11) is -4.47. The first-order valence-electron chi connectivity index (χ1n) is 8.29. The lowest BCUT2D eigenvalue weighted by atomic mass is 10.0.